The number of methoxy groups -OCH3 is 1. The second kappa shape index (κ2) is 26.5. The molecule has 1 saturated heterocycles. The van der Waals surface area contributed by atoms with Crippen LogP contribution in [0.1, 0.15) is 37.3 Å². The number of hydrogen-bond donors (Lipinski definition) is 7. The minimum Gasteiger partial charge on any atom is -0.495 e. The predicted molar refractivity (Wildman–Crippen MR) is 237 cm³/mol. The number of aromatic nitrogens is 3. The molecule has 1 aliphatic heterocycles. The molecular formula is C44H51N7O15. The number of carboxylic acids is 6. The number of rotatable bonds is 13. The van der Waals surface area contributed by atoms with Crippen LogP contribution in [0.25, 0.3) is 11.0 Å². The Bertz CT molecular complexity index is 2260. The van der Waals surface area contributed by atoms with Crippen LogP contribution >= 0.6 is 0 Å². The van der Waals surface area contributed by atoms with Crippen LogP contribution < -0.4 is 15.4 Å². The number of anilines is 3. The summed E-state index contributed by atoms with van der Waals surface area (Å²) in [6.45, 7) is 4.64. The smallest absolute Gasteiger partial charge is 0.419 e. The molecule has 0 unspecified atom stereocenters. The first-order valence-corrected chi connectivity index (χ1v) is 20.0. The summed E-state index contributed by atoms with van der Waals surface area (Å²) in [7, 11) is 3.79. The highest BCUT2D eigenvalue weighted by Crippen LogP contribution is 2.43. The van der Waals surface area contributed by atoms with Gasteiger partial charge in [0.25, 0.3) is 0 Å². The molecule has 1 saturated carbocycles. The van der Waals surface area contributed by atoms with Crippen LogP contribution in [0.3, 0.4) is 0 Å². The number of ether oxygens (including phenoxy) is 2. The number of carboxylic acid groups (broad SMARTS) is 6. The molecule has 22 heteroatoms. The highest BCUT2D eigenvalue weighted by molar-refractivity contribution is 6.09. The zero-order chi connectivity index (χ0) is 48.8. The first-order valence-electron chi connectivity index (χ1n) is 20.0. The summed E-state index contributed by atoms with van der Waals surface area (Å²) in [6, 6.07) is 17.9. The molecule has 2 fully saturated rings. The predicted octanol–water partition coefficient (Wildman–Crippen LogP) is 4.36. The lowest BCUT2D eigenvalue weighted by molar-refractivity contribution is -0.134. The lowest BCUT2D eigenvalue weighted by Gasteiger charge is -2.41. The highest BCUT2D eigenvalue weighted by Gasteiger charge is 2.33. The fourth-order valence-electron chi connectivity index (χ4n) is 6.78. The van der Waals surface area contributed by atoms with Crippen molar-refractivity contribution in [1.29, 1.82) is 0 Å². The van der Waals surface area contributed by atoms with E-state index in [0.717, 1.165) is 63.1 Å². The summed E-state index contributed by atoms with van der Waals surface area (Å²) >= 11 is 0. The Morgan fingerprint density at radius 3 is 1.62 bits per heavy atom. The number of para-hydroxylation sites is 2. The summed E-state index contributed by atoms with van der Waals surface area (Å²) in [6.07, 6.45) is 10.6. The summed E-state index contributed by atoms with van der Waals surface area (Å²) in [5, 5.41) is 47.5. The number of nitrogen functional groups attached to an aromatic ring is 1. The van der Waals surface area contributed by atoms with E-state index in [-0.39, 0.29) is 12.6 Å². The maximum atomic E-state index is 13.9. The third-order valence-electron chi connectivity index (χ3n) is 9.79. The SMILES string of the molecule is COc1ccccc1N(C(=O)OCc1ccccc1)c1cn(C2CCC(N3CCN(C)CC3)CC2)c2ncnc(N)c12.O=C(O)/C=C\C(=O)O.O=C(O)/C=C\C(=O)O.O=C(O)/C=C\C(=O)O. The first kappa shape index (κ1) is 52.2. The number of amides is 1. The van der Waals surface area contributed by atoms with Gasteiger partial charge in [-0.25, -0.2) is 48.4 Å². The van der Waals surface area contributed by atoms with E-state index in [9.17, 15) is 33.6 Å². The summed E-state index contributed by atoms with van der Waals surface area (Å²) in [5.41, 5.74) is 9.24. The molecule has 0 bridgehead atoms. The first-order chi connectivity index (χ1) is 31.4. The van der Waals surface area contributed by atoms with Crippen molar-refractivity contribution in [1.82, 2.24) is 24.3 Å². The zero-order valence-corrected chi connectivity index (χ0v) is 36.0. The number of nitrogens with two attached hydrogens (primary N) is 1. The number of aliphatic carboxylic acids is 6. The van der Waals surface area contributed by atoms with Gasteiger partial charge in [-0.3, -0.25) is 4.90 Å². The minimum absolute atomic E-state index is 0.131. The molecule has 4 aromatic rings. The molecule has 1 aliphatic carbocycles. The number of likely N-dealkylation sites (N-methyl/N-ethyl adjacent to an activating group) is 1. The maximum Gasteiger partial charge on any atom is 0.419 e. The molecule has 352 valence electrons. The molecule has 2 aromatic heterocycles. The second-order valence-corrected chi connectivity index (χ2v) is 14.3. The van der Waals surface area contributed by atoms with Crippen molar-refractivity contribution in [2.45, 2.75) is 44.4 Å². The summed E-state index contributed by atoms with van der Waals surface area (Å²) in [5.74, 6) is -6.69. The Morgan fingerprint density at radius 1 is 0.667 bits per heavy atom. The van der Waals surface area contributed by atoms with E-state index in [1.54, 1.807) is 7.11 Å². The zero-order valence-electron chi connectivity index (χ0n) is 36.0. The van der Waals surface area contributed by atoms with E-state index in [2.05, 4.69) is 31.4 Å². The monoisotopic (exact) mass is 917 g/mol. The van der Waals surface area contributed by atoms with Gasteiger partial charge < -0.3 is 55.3 Å². The van der Waals surface area contributed by atoms with Gasteiger partial charge in [0.15, 0.2) is 0 Å². The minimum atomic E-state index is -1.26. The van der Waals surface area contributed by atoms with E-state index in [1.807, 2.05) is 60.8 Å². The average molecular weight is 918 g/mol. The Kier molecular flexibility index (Phi) is 21.0. The van der Waals surface area contributed by atoms with E-state index in [1.165, 1.54) is 11.2 Å². The van der Waals surface area contributed by atoms with Gasteiger partial charge in [0, 0.05) is 80.9 Å². The molecule has 2 aromatic carbocycles. The van der Waals surface area contributed by atoms with Gasteiger partial charge in [0.1, 0.15) is 30.1 Å². The number of benzene rings is 2. The number of piperazine rings is 1. The molecule has 6 rings (SSSR count). The Hall–Kier alpha value is -8.11. The summed E-state index contributed by atoms with van der Waals surface area (Å²) < 4.78 is 13.7. The Labute approximate surface area is 377 Å². The fourth-order valence-corrected chi connectivity index (χ4v) is 6.78. The van der Waals surface area contributed by atoms with Crippen molar-refractivity contribution in [3.8, 4) is 5.75 Å². The topological polar surface area (TPSA) is 326 Å². The molecule has 22 nitrogen and oxygen atoms in total. The number of carbonyl (C=O) groups excluding carboxylic acids is 1. The number of nitrogens with zero attached hydrogens (tertiary/aromatic N) is 6. The molecule has 2 aliphatic rings. The van der Waals surface area contributed by atoms with Crippen LogP contribution in [-0.2, 0) is 40.1 Å². The van der Waals surface area contributed by atoms with Crippen LogP contribution in [-0.4, -0.2) is 143 Å². The van der Waals surface area contributed by atoms with E-state index in [4.69, 9.17) is 45.8 Å². The molecular weight excluding hydrogens is 867 g/mol. The number of carbonyl (C=O) groups is 7. The highest BCUT2D eigenvalue weighted by atomic mass is 16.6. The normalized spacial score (nSPS) is 16.2. The van der Waals surface area contributed by atoms with Gasteiger partial charge in [0.05, 0.1) is 23.9 Å². The molecule has 3 heterocycles. The van der Waals surface area contributed by atoms with Gasteiger partial charge in [-0.1, -0.05) is 42.5 Å². The largest absolute Gasteiger partial charge is 0.495 e. The molecule has 0 atom stereocenters. The molecule has 0 radical (unpaired) electrons. The van der Waals surface area contributed by atoms with Gasteiger partial charge in [0.2, 0.25) is 0 Å². The molecule has 8 N–H and O–H groups in total. The van der Waals surface area contributed by atoms with Gasteiger partial charge in [-0.05, 0) is 50.4 Å². The van der Waals surface area contributed by atoms with Crippen LogP contribution in [0.5, 0.6) is 5.75 Å². The maximum absolute atomic E-state index is 13.9. The van der Waals surface area contributed by atoms with Gasteiger partial charge in [-0.2, -0.15) is 0 Å². The van der Waals surface area contributed by atoms with Gasteiger partial charge in [-0.15, -0.1) is 0 Å². The van der Waals surface area contributed by atoms with Crippen LogP contribution in [0.15, 0.2) is 104 Å². The van der Waals surface area contributed by atoms with E-state index in [0.29, 0.717) is 70.8 Å². The standard InChI is InChI=1S/C32H39N7O3.3C4H4O4/c1-36-16-18-37(19-17-36)24-12-14-25(15-13-24)38-20-27(29-30(33)34-22-35-31(29)38)39(26-10-6-7-11-28(26)41-2)32(40)42-21-23-8-4-3-5-9-23;3*5-3(6)1-2-4(7)8/h3-11,20,22,24-25H,12-19,21H2,1-2H3,(H2,33,34,35);3*1-2H,(H,5,6)(H,7,8)/b;3*2-1-. The number of fused-ring (bicyclic) bond motifs is 1. The molecule has 66 heavy (non-hydrogen) atoms. The number of hydrogen-bond acceptors (Lipinski definition) is 14. The second-order valence-electron chi connectivity index (χ2n) is 14.3. The Balaban J connectivity index is 0.000000394. The van der Waals surface area contributed by atoms with Crippen LogP contribution in [0.4, 0.5) is 22.0 Å². The third-order valence-corrected chi connectivity index (χ3v) is 9.79. The van der Waals surface area contributed by atoms with E-state index < -0.39 is 41.9 Å². The van der Waals surface area contributed by atoms with Crippen molar-refractivity contribution >= 4 is 70.1 Å². The average Bonchev–Trinajstić information content (AvgIpc) is 3.68. The lowest BCUT2D eigenvalue weighted by Crippen LogP contribution is -2.49. The lowest BCUT2D eigenvalue weighted by atomic mass is 9.89. The summed E-state index contributed by atoms with van der Waals surface area (Å²) in [4.78, 5) is 86.8. The van der Waals surface area contributed by atoms with Crippen molar-refractivity contribution in [2.24, 2.45) is 0 Å². The van der Waals surface area contributed by atoms with Crippen LogP contribution in [0.2, 0.25) is 0 Å². The molecule has 1 amide bonds. The van der Waals surface area contributed by atoms with Gasteiger partial charge >= 0.3 is 41.9 Å². The van der Waals surface area contributed by atoms with Crippen molar-refractivity contribution in [3.63, 3.8) is 0 Å². The fraction of sp³-hybridized carbons (Fsp3) is 0.295. The van der Waals surface area contributed by atoms with Crippen molar-refractivity contribution < 1.29 is 73.7 Å². The van der Waals surface area contributed by atoms with E-state index >= 15 is 0 Å². The Morgan fingerprint density at radius 2 is 1.14 bits per heavy atom. The van der Waals surface area contributed by atoms with Crippen molar-refractivity contribution in [2.75, 3.05) is 51.0 Å². The third kappa shape index (κ3) is 17.2. The van der Waals surface area contributed by atoms with Crippen LogP contribution in [0, 0.1) is 0 Å². The molecule has 0 spiro atoms. The quantitative estimate of drug-likeness (QED) is 0.0916. The van der Waals surface area contributed by atoms with Crippen molar-refractivity contribution in [3.05, 3.63) is 109 Å².